The Kier molecular flexibility index (Phi) is 1.97. The van der Waals surface area contributed by atoms with Gasteiger partial charge < -0.3 is 15.8 Å². The number of nitrogen functional groups attached to an aromatic ring is 1. The largest absolute Gasteiger partial charge is 0.453 e. The molecule has 0 saturated heterocycles. The average Bonchev–Trinajstić information content (AvgIpc) is 2.45. The van der Waals surface area contributed by atoms with Crippen molar-refractivity contribution >= 4 is 27.8 Å². The molecule has 19 heavy (non-hydrogen) atoms. The first-order valence-electron chi connectivity index (χ1n) is 6.18. The van der Waals surface area contributed by atoms with Crippen LogP contribution in [0.3, 0.4) is 0 Å². The van der Waals surface area contributed by atoms with Gasteiger partial charge in [-0.1, -0.05) is 30.3 Å². The summed E-state index contributed by atoms with van der Waals surface area (Å²) in [6, 6.07) is 17.8. The molecule has 1 heterocycles. The SMILES string of the molecule is Nc1cccc2ccc3c(c12)Nc1ccccc1O3. The first-order chi connectivity index (χ1) is 9.33. The fraction of sp³-hybridized carbons (Fsp3) is 0. The third-order valence-corrected chi connectivity index (χ3v) is 3.41. The van der Waals surface area contributed by atoms with Crippen molar-refractivity contribution in [3.8, 4) is 11.5 Å². The summed E-state index contributed by atoms with van der Waals surface area (Å²) < 4.78 is 5.92. The van der Waals surface area contributed by atoms with Gasteiger partial charge in [0.15, 0.2) is 11.5 Å². The number of para-hydroxylation sites is 2. The highest BCUT2D eigenvalue weighted by molar-refractivity contribution is 6.06. The van der Waals surface area contributed by atoms with Crippen molar-refractivity contribution in [2.75, 3.05) is 11.1 Å². The van der Waals surface area contributed by atoms with Crippen LogP contribution in [-0.4, -0.2) is 0 Å². The van der Waals surface area contributed by atoms with Crippen LogP contribution >= 0.6 is 0 Å². The zero-order chi connectivity index (χ0) is 12.8. The third-order valence-electron chi connectivity index (χ3n) is 3.41. The average molecular weight is 248 g/mol. The van der Waals surface area contributed by atoms with Crippen LogP contribution < -0.4 is 15.8 Å². The summed E-state index contributed by atoms with van der Waals surface area (Å²) in [7, 11) is 0. The summed E-state index contributed by atoms with van der Waals surface area (Å²) in [5, 5.41) is 5.53. The molecule has 0 aliphatic carbocycles. The Morgan fingerprint density at radius 3 is 2.68 bits per heavy atom. The van der Waals surface area contributed by atoms with E-state index in [2.05, 4.69) is 5.32 Å². The Hall–Kier alpha value is -2.68. The highest BCUT2D eigenvalue weighted by atomic mass is 16.5. The van der Waals surface area contributed by atoms with Crippen LogP contribution in [0, 0.1) is 0 Å². The van der Waals surface area contributed by atoms with Gasteiger partial charge in [0.05, 0.1) is 11.4 Å². The van der Waals surface area contributed by atoms with E-state index in [-0.39, 0.29) is 0 Å². The van der Waals surface area contributed by atoms with E-state index in [9.17, 15) is 0 Å². The molecule has 3 aromatic carbocycles. The number of fused-ring (bicyclic) bond motifs is 4. The van der Waals surface area contributed by atoms with Gasteiger partial charge in [-0.25, -0.2) is 0 Å². The Labute approximate surface area is 110 Å². The molecule has 1 aliphatic heterocycles. The summed E-state index contributed by atoms with van der Waals surface area (Å²) in [5.41, 5.74) is 8.76. The molecule has 0 amide bonds. The van der Waals surface area contributed by atoms with E-state index in [4.69, 9.17) is 10.5 Å². The number of hydrogen-bond acceptors (Lipinski definition) is 3. The van der Waals surface area contributed by atoms with Crippen LogP contribution in [0.1, 0.15) is 0 Å². The van der Waals surface area contributed by atoms with Gasteiger partial charge in [0, 0.05) is 11.1 Å². The summed E-state index contributed by atoms with van der Waals surface area (Å²) in [4.78, 5) is 0. The smallest absolute Gasteiger partial charge is 0.151 e. The van der Waals surface area contributed by atoms with Crippen molar-refractivity contribution < 1.29 is 4.74 Å². The van der Waals surface area contributed by atoms with E-state index in [1.54, 1.807) is 0 Å². The number of ether oxygens (including phenoxy) is 1. The minimum absolute atomic E-state index is 0.754. The predicted octanol–water partition coefficient (Wildman–Crippen LogP) is 4.27. The van der Waals surface area contributed by atoms with Crippen molar-refractivity contribution in [3.63, 3.8) is 0 Å². The molecule has 3 N–H and O–H groups in total. The summed E-state index contributed by atoms with van der Waals surface area (Å²) >= 11 is 0. The minimum Gasteiger partial charge on any atom is -0.453 e. The fourth-order valence-electron chi connectivity index (χ4n) is 2.51. The van der Waals surface area contributed by atoms with Gasteiger partial charge in [0.2, 0.25) is 0 Å². The number of benzene rings is 3. The standard InChI is InChI=1S/C16H12N2O/c17-11-5-3-4-10-8-9-14-16(15(10)11)18-12-6-1-2-7-13(12)19-14/h1-9,18H,17H2. The van der Waals surface area contributed by atoms with Gasteiger partial charge in [-0.15, -0.1) is 0 Å². The van der Waals surface area contributed by atoms with Crippen molar-refractivity contribution in [1.29, 1.82) is 0 Å². The molecule has 3 heteroatoms. The maximum absolute atomic E-state index is 6.10. The maximum Gasteiger partial charge on any atom is 0.151 e. The van der Waals surface area contributed by atoms with Crippen LogP contribution in [0.15, 0.2) is 54.6 Å². The van der Waals surface area contributed by atoms with Crippen LogP contribution in [0.2, 0.25) is 0 Å². The van der Waals surface area contributed by atoms with Gasteiger partial charge >= 0.3 is 0 Å². The van der Waals surface area contributed by atoms with E-state index >= 15 is 0 Å². The summed E-state index contributed by atoms with van der Waals surface area (Å²) in [6.07, 6.45) is 0. The van der Waals surface area contributed by atoms with Crippen molar-refractivity contribution in [2.45, 2.75) is 0 Å². The molecule has 0 spiro atoms. The van der Waals surface area contributed by atoms with Gasteiger partial charge in [0.25, 0.3) is 0 Å². The molecule has 92 valence electrons. The molecule has 1 aliphatic rings. The lowest BCUT2D eigenvalue weighted by molar-refractivity contribution is 0.482. The summed E-state index contributed by atoms with van der Waals surface area (Å²) in [6.45, 7) is 0. The van der Waals surface area contributed by atoms with E-state index in [1.807, 2.05) is 54.6 Å². The number of anilines is 3. The number of rotatable bonds is 0. The van der Waals surface area contributed by atoms with Crippen LogP contribution in [0.25, 0.3) is 10.8 Å². The van der Waals surface area contributed by atoms with Crippen molar-refractivity contribution in [3.05, 3.63) is 54.6 Å². The van der Waals surface area contributed by atoms with E-state index in [1.165, 1.54) is 0 Å². The second kappa shape index (κ2) is 3.65. The molecule has 0 radical (unpaired) electrons. The zero-order valence-electron chi connectivity index (χ0n) is 10.2. The molecular formula is C16H12N2O. The second-order valence-corrected chi connectivity index (χ2v) is 4.61. The maximum atomic E-state index is 6.10. The lowest BCUT2D eigenvalue weighted by Crippen LogP contribution is -2.04. The number of nitrogens with two attached hydrogens (primary N) is 1. The molecule has 3 nitrogen and oxygen atoms in total. The minimum atomic E-state index is 0.754. The molecule has 0 unspecified atom stereocenters. The Morgan fingerprint density at radius 1 is 0.842 bits per heavy atom. The van der Waals surface area contributed by atoms with Gasteiger partial charge in [-0.2, -0.15) is 0 Å². The normalized spacial score (nSPS) is 12.2. The van der Waals surface area contributed by atoms with Crippen LogP contribution in [0.4, 0.5) is 17.1 Å². The summed E-state index contributed by atoms with van der Waals surface area (Å²) in [5.74, 6) is 1.65. The first-order valence-corrected chi connectivity index (χ1v) is 6.18. The number of nitrogens with one attached hydrogen (secondary N) is 1. The monoisotopic (exact) mass is 248 g/mol. The molecule has 0 fully saturated rings. The Balaban J connectivity index is 2.01. The van der Waals surface area contributed by atoms with Crippen molar-refractivity contribution in [1.82, 2.24) is 0 Å². The van der Waals surface area contributed by atoms with Crippen LogP contribution in [-0.2, 0) is 0 Å². The van der Waals surface area contributed by atoms with Gasteiger partial charge in [-0.05, 0) is 29.7 Å². The molecule has 0 saturated carbocycles. The fourth-order valence-corrected chi connectivity index (χ4v) is 2.51. The lowest BCUT2D eigenvalue weighted by atomic mass is 10.0. The molecular weight excluding hydrogens is 236 g/mol. The predicted molar refractivity (Wildman–Crippen MR) is 78.2 cm³/mol. The van der Waals surface area contributed by atoms with E-state index in [0.717, 1.165) is 39.3 Å². The van der Waals surface area contributed by atoms with Crippen molar-refractivity contribution in [2.24, 2.45) is 0 Å². The van der Waals surface area contributed by atoms with Crippen LogP contribution in [0.5, 0.6) is 11.5 Å². The highest BCUT2D eigenvalue weighted by Gasteiger charge is 2.19. The molecule has 0 bridgehead atoms. The van der Waals surface area contributed by atoms with E-state index < -0.39 is 0 Å². The Morgan fingerprint density at radius 2 is 1.74 bits per heavy atom. The topological polar surface area (TPSA) is 47.3 Å². The number of hydrogen-bond donors (Lipinski definition) is 2. The van der Waals surface area contributed by atoms with Gasteiger partial charge in [-0.3, -0.25) is 0 Å². The molecule has 0 aromatic heterocycles. The quantitative estimate of drug-likeness (QED) is 0.457. The third kappa shape index (κ3) is 1.45. The first kappa shape index (κ1) is 10.3. The van der Waals surface area contributed by atoms with Gasteiger partial charge in [0.1, 0.15) is 0 Å². The Bertz CT molecular complexity index is 796. The molecule has 4 rings (SSSR count). The zero-order valence-corrected chi connectivity index (χ0v) is 10.2. The lowest BCUT2D eigenvalue weighted by Gasteiger charge is -2.23. The van der Waals surface area contributed by atoms with E-state index in [0.29, 0.717) is 0 Å². The highest BCUT2D eigenvalue weighted by Crippen LogP contribution is 2.46. The second-order valence-electron chi connectivity index (χ2n) is 4.61. The molecule has 0 atom stereocenters. The molecule has 3 aromatic rings.